The molecule has 3 rings (SSSR count). The molecule has 2 aliphatic carbocycles. The fourth-order valence-electron chi connectivity index (χ4n) is 4.02. The van der Waals surface area contributed by atoms with Crippen molar-refractivity contribution in [1.29, 1.82) is 0 Å². The van der Waals surface area contributed by atoms with E-state index in [4.69, 9.17) is 0 Å². The predicted octanol–water partition coefficient (Wildman–Crippen LogP) is 0.912. The van der Waals surface area contributed by atoms with Crippen LogP contribution in [0.3, 0.4) is 0 Å². The van der Waals surface area contributed by atoms with Crippen LogP contribution in [0.5, 0.6) is 0 Å². The Balaban J connectivity index is 1.83. The van der Waals surface area contributed by atoms with Crippen LogP contribution in [0.15, 0.2) is 0 Å². The molecule has 2 saturated carbocycles. The fraction of sp³-hybridized carbons (Fsp3) is 0.846. The Kier molecular flexibility index (Phi) is 2.60. The first-order valence-corrected chi connectivity index (χ1v) is 6.79. The lowest BCUT2D eigenvalue weighted by Gasteiger charge is -2.42. The number of nitrogens with one attached hydrogen (secondary N) is 1. The number of piperazine rings is 1. The average molecular weight is 236 g/mol. The van der Waals surface area contributed by atoms with Crippen molar-refractivity contribution in [3.63, 3.8) is 0 Å². The SMILES string of the molecule is CCC1C(=O)NCC(=O)N1C1CC2CCC1C2. The highest BCUT2D eigenvalue weighted by Crippen LogP contribution is 2.47. The maximum absolute atomic E-state index is 12.1. The van der Waals surface area contributed by atoms with Crippen LogP contribution < -0.4 is 5.32 Å². The number of nitrogens with zero attached hydrogens (tertiary/aromatic N) is 1. The highest BCUT2D eigenvalue weighted by Gasteiger charge is 2.47. The second kappa shape index (κ2) is 4.00. The van der Waals surface area contributed by atoms with Gasteiger partial charge in [-0.1, -0.05) is 13.3 Å². The summed E-state index contributed by atoms with van der Waals surface area (Å²) in [6.07, 6.45) is 5.70. The molecule has 3 aliphatic rings. The number of carbonyl (C=O) groups is 2. The number of fused-ring (bicyclic) bond motifs is 2. The number of hydrogen-bond donors (Lipinski definition) is 1. The Bertz CT molecular complexity index is 355. The van der Waals surface area contributed by atoms with Gasteiger partial charge in [0, 0.05) is 6.04 Å². The molecule has 17 heavy (non-hydrogen) atoms. The second-order valence-corrected chi connectivity index (χ2v) is 5.69. The van der Waals surface area contributed by atoms with Crippen molar-refractivity contribution in [1.82, 2.24) is 10.2 Å². The Morgan fingerprint density at radius 3 is 2.71 bits per heavy atom. The third kappa shape index (κ3) is 1.65. The van der Waals surface area contributed by atoms with Gasteiger partial charge in [0.1, 0.15) is 6.04 Å². The zero-order valence-corrected chi connectivity index (χ0v) is 10.3. The van der Waals surface area contributed by atoms with E-state index in [9.17, 15) is 9.59 Å². The molecule has 94 valence electrons. The number of amides is 2. The van der Waals surface area contributed by atoms with E-state index in [2.05, 4.69) is 5.32 Å². The van der Waals surface area contributed by atoms with Gasteiger partial charge in [-0.2, -0.15) is 0 Å². The molecule has 4 nitrogen and oxygen atoms in total. The van der Waals surface area contributed by atoms with Crippen LogP contribution in [0.25, 0.3) is 0 Å². The summed E-state index contributed by atoms with van der Waals surface area (Å²) in [4.78, 5) is 25.8. The van der Waals surface area contributed by atoms with Gasteiger partial charge >= 0.3 is 0 Å². The largest absolute Gasteiger partial charge is 0.345 e. The van der Waals surface area contributed by atoms with Crippen LogP contribution in [0.1, 0.15) is 39.0 Å². The molecule has 3 fully saturated rings. The summed E-state index contributed by atoms with van der Waals surface area (Å²) in [5, 5.41) is 2.70. The van der Waals surface area contributed by atoms with E-state index >= 15 is 0 Å². The molecule has 0 aromatic rings. The summed E-state index contributed by atoms with van der Waals surface area (Å²) in [6.45, 7) is 2.19. The lowest BCUT2D eigenvalue weighted by molar-refractivity contribution is -0.149. The first-order chi connectivity index (χ1) is 8.20. The molecule has 1 saturated heterocycles. The van der Waals surface area contributed by atoms with E-state index in [1.54, 1.807) is 0 Å². The van der Waals surface area contributed by atoms with E-state index in [-0.39, 0.29) is 24.4 Å². The van der Waals surface area contributed by atoms with E-state index in [0.29, 0.717) is 12.0 Å². The second-order valence-electron chi connectivity index (χ2n) is 5.69. The molecule has 1 aliphatic heterocycles. The van der Waals surface area contributed by atoms with E-state index in [1.165, 1.54) is 19.3 Å². The van der Waals surface area contributed by atoms with E-state index in [0.717, 1.165) is 18.8 Å². The smallest absolute Gasteiger partial charge is 0.243 e. The van der Waals surface area contributed by atoms with Crippen molar-refractivity contribution in [2.75, 3.05) is 6.54 Å². The van der Waals surface area contributed by atoms with Gasteiger partial charge in [-0.25, -0.2) is 0 Å². The molecule has 2 amide bonds. The third-order valence-electron chi connectivity index (χ3n) is 4.79. The monoisotopic (exact) mass is 236 g/mol. The molecular formula is C13H20N2O2. The first kappa shape index (κ1) is 11.1. The molecule has 2 bridgehead atoms. The van der Waals surface area contributed by atoms with Gasteiger partial charge in [0.05, 0.1) is 6.54 Å². The van der Waals surface area contributed by atoms with Crippen molar-refractivity contribution in [2.45, 2.75) is 51.1 Å². The maximum Gasteiger partial charge on any atom is 0.243 e. The molecular weight excluding hydrogens is 216 g/mol. The van der Waals surface area contributed by atoms with Crippen LogP contribution in [-0.4, -0.2) is 35.3 Å². The molecule has 1 N–H and O–H groups in total. The summed E-state index contributed by atoms with van der Waals surface area (Å²) in [5.74, 6) is 1.62. The van der Waals surface area contributed by atoms with Gasteiger partial charge in [0.15, 0.2) is 0 Å². The van der Waals surface area contributed by atoms with Crippen LogP contribution in [-0.2, 0) is 9.59 Å². The third-order valence-corrected chi connectivity index (χ3v) is 4.79. The van der Waals surface area contributed by atoms with Crippen LogP contribution >= 0.6 is 0 Å². The predicted molar refractivity (Wildman–Crippen MR) is 63.2 cm³/mol. The first-order valence-electron chi connectivity index (χ1n) is 6.79. The Hall–Kier alpha value is -1.06. The minimum Gasteiger partial charge on any atom is -0.345 e. The van der Waals surface area contributed by atoms with Crippen LogP contribution in [0.2, 0.25) is 0 Å². The van der Waals surface area contributed by atoms with Crippen molar-refractivity contribution < 1.29 is 9.59 Å². The van der Waals surface area contributed by atoms with E-state index < -0.39 is 0 Å². The van der Waals surface area contributed by atoms with Crippen LogP contribution in [0.4, 0.5) is 0 Å². The lowest BCUT2D eigenvalue weighted by atomic mass is 9.91. The Morgan fingerprint density at radius 2 is 2.12 bits per heavy atom. The molecule has 4 heteroatoms. The quantitative estimate of drug-likeness (QED) is 0.775. The Labute approximate surface area is 102 Å². The Morgan fingerprint density at radius 1 is 1.29 bits per heavy atom. The highest BCUT2D eigenvalue weighted by molar-refractivity contribution is 5.95. The molecule has 0 aromatic heterocycles. The van der Waals surface area contributed by atoms with Crippen molar-refractivity contribution in [2.24, 2.45) is 11.8 Å². The van der Waals surface area contributed by atoms with Crippen molar-refractivity contribution >= 4 is 11.8 Å². The van der Waals surface area contributed by atoms with Crippen molar-refractivity contribution in [3.05, 3.63) is 0 Å². The number of rotatable bonds is 2. The minimum absolute atomic E-state index is 0.0369. The molecule has 4 unspecified atom stereocenters. The molecule has 0 radical (unpaired) electrons. The van der Waals surface area contributed by atoms with Gasteiger partial charge in [0.2, 0.25) is 11.8 Å². The van der Waals surface area contributed by atoms with Crippen molar-refractivity contribution in [3.8, 4) is 0 Å². The summed E-state index contributed by atoms with van der Waals surface area (Å²) < 4.78 is 0. The zero-order chi connectivity index (χ0) is 12.0. The van der Waals surface area contributed by atoms with Gasteiger partial charge in [0.25, 0.3) is 0 Å². The molecule has 0 spiro atoms. The zero-order valence-electron chi connectivity index (χ0n) is 10.3. The van der Waals surface area contributed by atoms with Crippen LogP contribution in [0, 0.1) is 11.8 Å². The summed E-state index contributed by atoms with van der Waals surface area (Å²) in [5.41, 5.74) is 0. The van der Waals surface area contributed by atoms with Gasteiger partial charge in [-0.15, -0.1) is 0 Å². The maximum atomic E-state index is 12.1. The fourth-order valence-corrected chi connectivity index (χ4v) is 4.02. The molecule has 0 aromatic carbocycles. The number of carbonyl (C=O) groups excluding carboxylic acids is 2. The average Bonchev–Trinajstić information content (AvgIpc) is 2.93. The van der Waals surface area contributed by atoms with E-state index in [1.807, 2.05) is 11.8 Å². The summed E-state index contributed by atoms with van der Waals surface area (Å²) in [7, 11) is 0. The highest BCUT2D eigenvalue weighted by atomic mass is 16.2. The lowest BCUT2D eigenvalue weighted by Crippen LogP contribution is -2.62. The summed E-state index contributed by atoms with van der Waals surface area (Å²) >= 11 is 0. The topological polar surface area (TPSA) is 49.4 Å². The minimum atomic E-state index is -0.222. The van der Waals surface area contributed by atoms with Gasteiger partial charge in [-0.05, 0) is 37.5 Å². The molecule has 4 atom stereocenters. The molecule has 1 heterocycles. The number of hydrogen-bond acceptors (Lipinski definition) is 2. The standard InChI is InChI=1S/C13H20N2O2/c1-2-10-13(17)14-7-12(16)15(10)11-6-8-3-4-9(11)5-8/h8-11H,2-7H2,1H3,(H,14,17). The van der Waals surface area contributed by atoms with Gasteiger partial charge in [-0.3, -0.25) is 9.59 Å². The summed E-state index contributed by atoms with van der Waals surface area (Å²) in [6, 6.07) is 0.123. The van der Waals surface area contributed by atoms with Gasteiger partial charge < -0.3 is 10.2 Å². The normalized spacial score (nSPS) is 40.9.